The highest BCUT2D eigenvalue weighted by Gasteiger charge is 2.34. The van der Waals surface area contributed by atoms with E-state index in [-0.39, 0.29) is 23.3 Å². The van der Waals surface area contributed by atoms with Gasteiger partial charge in [-0.05, 0) is 72.9 Å². The van der Waals surface area contributed by atoms with Gasteiger partial charge in [0, 0.05) is 23.1 Å². The predicted molar refractivity (Wildman–Crippen MR) is 161 cm³/mol. The van der Waals surface area contributed by atoms with Crippen LogP contribution in [0.2, 0.25) is 10.0 Å². The summed E-state index contributed by atoms with van der Waals surface area (Å²) < 4.78 is 28.9. The molecule has 2 amide bonds. The molecule has 1 N–H and O–H groups in total. The van der Waals surface area contributed by atoms with Crippen LogP contribution < -0.4 is 9.62 Å². The molecule has 0 aliphatic rings. The number of benzene rings is 3. The number of amides is 2. The number of halogens is 2. The van der Waals surface area contributed by atoms with Crippen molar-refractivity contribution >= 4 is 50.7 Å². The average molecular weight is 605 g/mol. The van der Waals surface area contributed by atoms with Gasteiger partial charge in [-0.3, -0.25) is 13.9 Å². The van der Waals surface area contributed by atoms with Crippen molar-refractivity contribution in [3.63, 3.8) is 0 Å². The van der Waals surface area contributed by atoms with Crippen LogP contribution in [0.5, 0.6) is 0 Å². The minimum absolute atomic E-state index is 0.000998. The molecule has 10 heteroatoms. The lowest BCUT2D eigenvalue weighted by Crippen LogP contribution is -2.52. The molecule has 1 unspecified atom stereocenters. The first-order valence-electron chi connectivity index (χ1n) is 13.1. The number of carbonyl (C=O) groups excluding carboxylic acids is 2. The lowest BCUT2D eigenvalue weighted by molar-refractivity contribution is -0.140. The third-order valence-electron chi connectivity index (χ3n) is 6.40. The summed E-state index contributed by atoms with van der Waals surface area (Å²) >= 11 is 12.1. The Balaban J connectivity index is 2.05. The molecule has 0 aromatic heterocycles. The molecule has 0 fully saturated rings. The number of sulfonamides is 1. The summed E-state index contributed by atoms with van der Waals surface area (Å²) in [5.41, 5.74) is 1.81. The van der Waals surface area contributed by atoms with Crippen molar-refractivity contribution in [2.24, 2.45) is 5.92 Å². The normalized spacial score (nSPS) is 12.2. The van der Waals surface area contributed by atoms with E-state index < -0.39 is 28.5 Å². The summed E-state index contributed by atoms with van der Waals surface area (Å²) in [5.74, 6) is -0.577. The Kier molecular flexibility index (Phi) is 11.0. The summed E-state index contributed by atoms with van der Waals surface area (Å²) in [5, 5.41) is 3.86. The van der Waals surface area contributed by atoms with E-state index in [1.54, 1.807) is 55.5 Å². The standard InChI is InChI=1S/C30H35Cl2N3O4S/c1-5-27(30(37)33-18-21(2)3)34(19-23-10-12-24(31)13-11-23)29(36)20-35(28-9-7-6-8-22(28)4)40(38,39)26-16-14-25(32)15-17-26/h6-17,21,27H,5,18-20H2,1-4H3,(H,33,37). The zero-order valence-electron chi connectivity index (χ0n) is 23.1. The van der Waals surface area contributed by atoms with Crippen LogP contribution >= 0.6 is 23.2 Å². The monoisotopic (exact) mass is 603 g/mol. The molecule has 1 atom stereocenters. The molecule has 3 aromatic rings. The van der Waals surface area contributed by atoms with E-state index in [1.165, 1.54) is 29.2 Å². The molecule has 0 bridgehead atoms. The first kappa shape index (κ1) is 31.5. The number of nitrogens with zero attached hydrogens (tertiary/aromatic N) is 2. The van der Waals surface area contributed by atoms with Gasteiger partial charge in [-0.2, -0.15) is 0 Å². The third kappa shape index (κ3) is 7.99. The molecular weight excluding hydrogens is 569 g/mol. The van der Waals surface area contributed by atoms with Crippen molar-refractivity contribution in [3.05, 3.63) is 94.0 Å². The number of para-hydroxylation sites is 1. The second-order valence-electron chi connectivity index (χ2n) is 9.96. The fourth-order valence-electron chi connectivity index (χ4n) is 4.22. The number of carbonyl (C=O) groups is 2. The number of hydrogen-bond acceptors (Lipinski definition) is 4. The Morgan fingerprint density at radius 3 is 2.02 bits per heavy atom. The molecule has 0 radical (unpaired) electrons. The summed E-state index contributed by atoms with van der Waals surface area (Å²) in [6.45, 7) is 7.64. The number of rotatable bonds is 12. The Labute approximate surface area is 247 Å². The first-order valence-corrected chi connectivity index (χ1v) is 15.3. The van der Waals surface area contributed by atoms with Crippen LogP contribution in [0, 0.1) is 12.8 Å². The number of hydrogen-bond donors (Lipinski definition) is 1. The van der Waals surface area contributed by atoms with E-state index in [2.05, 4.69) is 5.32 Å². The van der Waals surface area contributed by atoms with Crippen molar-refractivity contribution in [2.45, 2.75) is 51.6 Å². The maximum absolute atomic E-state index is 14.1. The Bertz CT molecular complexity index is 1410. The van der Waals surface area contributed by atoms with Crippen LogP contribution in [0.3, 0.4) is 0 Å². The molecule has 0 saturated carbocycles. The number of anilines is 1. The SMILES string of the molecule is CCC(C(=O)NCC(C)C)N(Cc1ccc(Cl)cc1)C(=O)CN(c1ccccc1C)S(=O)(=O)c1ccc(Cl)cc1. The molecule has 3 aromatic carbocycles. The first-order chi connectivity index (χ1) is 18.9. The van der Waals surface area contributed by atoms with Gasteiger partial charge >= 0.3 is 0 Å². The molecule has 40 heavy (non-hydrogen) atoms. The number of nitrogens with one attached hydrogen (secondary N) is 1. The molecular formula is C30H35Cl2N3O4S. The Hall–Kier alpha value is -3.07. The van der Waals surface area contributed by atoms with Gasteiger partial charge in [-0.15, -0.1) is 0 Å². The van der Waals surface area contributed by atoms with Gasteiger partial charge in [0.25, 0.3) is 10.0 Å². The topological polar surface area (TPSA) is 86.8 Å². The van der Waals surface area contributed by atoms with Crippen LogP contribution in [0.1, 0.15) is 38.3 Å². The number of aryl methyl sites for hydroxylation is 1. The van der Waals surface area contributed by atoms with E-state index in [9.17, 15) is 18.0 Å². The van der Waals surface area contributed by atoms with Crippen LogP contribution in [0.4, 0.5) is 5.69 Å². The fraction of sp³-hybridized carbons (Fsp3) is 0.333. The van der Waals surface area contributed by atoms with E-state index in [0.29, 0.717) is 34.3 Å². The second kappa shape index (κ2) is 14.0. The largest absolute Gasteiger partial charge is 0.354 e. The second-order valence-corrected chi connectivity index (χ2v) is 12.7. The van der Waals surface area contributed by atoms with Crippen molar-refractivity contribution in [1.82, 2.24) is 10.2 Å². The Morgan fingerprint density at radius 1 is 0.900 bits per heavy atom. The molecule has 0 aliphatic carbocycles. The predicted octanol–water partition coefficient (Wildman–Crippen LogP) is 6.08. The zero-order valence-corrected chi connectivity index (χ0v) is 25.4. The zero-order chi connectivity index (χ0) is 29.4. The molecule has 3 rings (SSSR count). The molecule has 0 saturated heterocycles. The van der Waals surface area contributed by atoms with Crippen molar-refractivity contribution in [2.75, 3.05) is 17.4 Å². The summed E-state index contributed by atoms with van der Waals surface area (Å²) in [7, 11) is -4.17. The Morgan fingerprint density at radius 2 is 1.48 bits per heavy atom. The summed E-state index contributed by atoms with van der Waals surface area (Å²) in [6.07, 6.45) is 0.345. The van der Waals surface area contributed by atoms with E-state index in [4.69, 9.17) is 23.2 Å². The van der Waals surface area contributed by atoms with Crippen LogP contribution in [0.25, 0.3) is 0 Å². The summed E-state index contributed by atoms with van der Waals surface area (Å²) in [6, 6.07) is 18.9. The molecule has 0 heterocycles. The smallest absolute Gasteiger partial charge is 0.264 e. The third-order valence-corrected chi connectivity index (χ3v) is 8.68. The van der Waals surface area contributed by atoms with Crippen LogP contribution in [-0.4, -0.2) is 44.3 Å². The molecule has 7 nitrogen and oxygen atoms in total. The fourth-order valence-corrected chi connectivity index (χ4v) is 5.95. The van der Waals surface area contributed by atoms with Crippen molar-refractivity contribution in [3.8, 4) is 0 Å². The van der Waals surface area contributed by atoms with Gasteiger partial charge in [0.2, 0.25) is 11.8 Å². The minimum atomic E-state index is -4.17. The highest BCUT2D eigenvalue weighted by Crippen LogP contribution is 2.28. The van der Waals surface area contributed by atoms with Gasteiger partial charge in [0.05, 0.1) is 10.6 Å². The van der Waals surface area contributed by atoms with Gasteiger partial charge < -0.3 is 10.2 Å². The van der Waals surface area contributed by atoms with Crippen molar-refractivity contribution < 1.29 is 18.0 Å². The minimum Gasteiger partial charge on any atom is -0.354 e. The van der Waals surface area contributed by atoms with Crippen LogP contribution in [0.15, 0.2) is 77.7 Å². The lowest BCUT2D eigenvalue weighted by Gasteiger charge is -2.33. The van der Waals surface area contributed by atoms with Crippen LogP contribution in [-0.2, 0) is 26.2 Å². The van der Waals surface area contributed by atoms with Gasteiger partial charge in [0.1, 0.15) is 12.6 Å². The summed E-state index contributed by atoms with van der Waals surface area (Å²) in [4.78, 5) is 28.8. The molecule has 0 spiro atoms. The van der Waals surface area contributed by atoms with Gasteiger partial charge in [-0.25, -0.2) is 8.42 Å². The highest BCUT2D eigenvalue weighted by atomic mass is 35.5. The van der Waals surface area contributed by atoms with E-state index in [0.717, 1.165) is 9.87 Å². The van der Waals surface area contributed by atoms with Gasteiger partial charge in [-0.1, -0.05) is 74.3 Å². The highest BCUT2D eigenvalue weighted by molar-refractivity contribution is 7.92. The maximum Gasteiger partial charge on any atom is 0.264 e. The lowest BCUT2D eigenvalue weighted by atomic mass is 10.1. The van der Waals surface area contributed by atoms with E-state index >= 15 is 0 Å². The van der Waals surface area contributed by atoms with Crippen molar-refractivity contribution in [1.29, 1.82) is 0 Å². The van der Waals surface area contributed by atoms with E-state index in [1.807, 2.05) is 20.8 Å². The average Bonchev–Trinajstić information content (AvgIpc) is 2.92. The van der Waals surface area contributed by atoms with Gasteiger partial charge in [0.15, 0.2) is 0 Å². The maximum atomic E-state index is 14.1. The molecule has 214 valence electrons. The quantitative estimate of drug-likeness (QED) is 0.272. The molecule has 0 aliphatic heterocycles.